The van der Waals surface area contributed by atoms with Crippen LogP contribution in [0.4, 0.5) is 13.2 Å². The predicted molar refractivity (Wildman–Crippen MR) is 114 cm³/mol. The van der Waals surface area contributed by atoms with Crippen molar-refractivity contribution in [3.63, 3.8) is 0 Å². The van der Waals surface area contributed by atoms with Crippen molar-refractivity contribution in [2.45, 2.75) is 18.5 Å². The summed E-state index contributed by atoms with van der Waals surface area (Å²) in [6.45, 7) is 2.60. The molecule has 166 valence electrons. The molecule has 2 aliphatic heterocycles. The van der Waals surface area contributed by atoms with Crippen molar-refractivity contribution in [2.24, 2.45) is 0 Å². The number of nitrogens with zero attached hydrogens (tertiary/aromatic N) is 1. The second-order valence-electron chi connectivity index (χ2n) is 8.00. The predicted octanol–water partition coefficient (Wildman–Crippen LogP) is 4.22. The lowest BCUT2D eigenvalue weighted by atomic mass is 9.96. The molecule has 8 heteroatoms. The molecule has 1 N–H and O–H groups in total. The summed E-state index contributed by atoms with van der Waals surface area (Å²) in [6, 6.07) is 17.0. The van der Waals surface area contributed by atoms with Crippen LogP contribution in [0.15, 0.2) is 60.7 Å². The highest BCUT2D eigenvalue weighted by Gasteiger charge is 2.37. The van der Waals surface area contributed by atoms with Gasteiger partial charge in [0.1, 0.15) is 5.75 Å². The SMILES string of the molecule is O=C(c1ccc2c(-c3cccc(OC(F)(F)F)c3)cccc2c1)N1C[C@@H]2NCCO[C@H]2C1. The third kappa shape index (κ3) is 4.16. The number of halogens is 3. The van der Waals surface area contributed by atoms with Gasteiger partial charge in [-0.05, 0) is 46.2 Å². The number of morpholine rings is 1. The molecule has 0 radical (unpaired) electrons. The van der Waals surface area contributed by atoms with E-state index >= 15 is 0 Å². The third-order valence-electron chi connectivity index (χ3n) is 5.90. The van der Waals surface area contributed by atoms with Crippen LogP contribution >= 0.6 is 0 Å². The van der Waals surface area contributed by atoms with E-state index in [1.54, 1.807) is 17.0 Å². The van der Waals surface area contributed by atoms with E-state index in [-0.39, 0.29) is 23.8 Å². The fourth-order valence-electron chi connectivity index (χ4n) is 4.47. The summed E-state index contributed by atoms with van der Waals surface area (Å²) in [7, 11) is 0. The zero-order valence-electron chi connectivity index (χ0n) is 17.1. The Bertz CT molecular complexity index is 1150. The molecule has 0 bridgehead atoms. The Kier molecular flexibility index (Phi) is 5.27. The lowest BCUT2D eigenvalue weighted by molar-refractivity contribution is -0.274. The van der Waals surface area contributed by atoms with E-state index in [2.05, 4.69) is 10.1 Å². The smallest absolute Gasteiger partial charge is 0.406 e. The number of hydrogen-bond acceptors (Lipinski definition) is 4. The molecular weight excluding hydrogens is 421 g/mol. The molecule has 1 amide bonds. The van der Waals surface area contributed by atoms with Gasteiger partial charge in [0.2, 0.25) is 0 Å². The van der Waals surface area contributed by atoms with E-state index in [4.69, 9.17) is 4.74 Å². The van der Waals surface area contributed by atoms with Gasteiger partial charge in [-0.1, -0.05) is 36.4 Å². The number of likely N-dealkylation sites (tertiary alicyclic amines) is 1. The van der Waals surface area contributed by atoms with Crippen LogP contribution in [-0.4, -0.2) is 55.6 Å². The molecular formula is C24H21F3N2O3. The van der Waals surface area contributed by atoms with E-state index in [0.717, 1.165) is 22.9 Å². The number of benzene rings is 3. The van der Waals surface area contributed by atoms with E-state index in [1.807, 2.05) is 30.3 Å². The van der Waals surface area contributed by atoms with Crippen molar-refractivity contribution in [1.29, 1.82) is 0 Å². The van der Waals surface area contributed by atoms with Crippen LogP contribution in [0.2, 0.25) is 0 Å². The number of hydrogen-bond donors (Lipinski definition) is 1. The van der Waals surface area contributed by atoms with E-state index in [1.165, 1.54) is 18.2 Å². The molecule has 3 aromatic rings. The van der Waals surface area contributed by atoms with Crippen LogP contribution in [0.1, 0.15) is 10.4 Å². The zero-order chi connectivity index (χ0) is 22.3. The minimum Gasteiger partial charge on any atom is -0.406 e. The largest absolute Gasteiger partial charge is 0.573 e. The maximum absolute atomic E-state index is 13.1. The van der Waals surface area contributed by atoms with Crippen molar-refractivity contribution in [3.05, 3.63) is 66.2 Å². The highest BCUT2D eigenvalue weighted by molar-refractivity contribution is 6.02. The minimum atomic E-state index is -4.75. The fraction of sp³-hybridized carbons (Fsp3) is 0.292. The van der Waals surface area contributed by atoms with Crippen LogP contribution in [0.5, 0.6) is 5.75 Å². The second kappa shape index (κ2) is 8.11. The average molecular weight is 442 g/mol. The van der Waals surface area contributed by atoms with Crippen molar-refractivity contribution < 1.29 is 27.4 Å². The van der Waals surface area contributed by atoms with Gasteiger partial charge in [-0.15, -0.1) is 13.2 Å². The normalized spacial score (nSPS) is 20.9. The molecule has 2 atom stereocenters. The van der Waals surface area contributed by atoms with Crippen molar-refractivity contribution in [2.75, 3.05) is 26.2 Å². The van der Waals surface area contributed by atoms with Gasteiger partial charge >= 0.3 is 6.36 Å². The summed E-state index contributed by atoms with van der Waals surface area (Å²) < 4.78 is 47.6. The molecule has 0 saturated carbocycles. The van der Waals surface area contributed by atoms with Crippen LogP contribution in [0.3, 0.4) is 0 Å². The van der Waals surface area contributed by atoms with Gasteiger partial charge in [0.25, 0.3) is 5.91 Å². The lowest BCUT2D eigenvalue weighted by Crippen LogP contribution is -2.47. The molecule has 5 rings (SSSR count). The quantitative estimate of drug-likeness (QED) is 0.660. The first-order chi connectivity index (χ1) is 15.4. The summed E-state index contributed by atoms with van der Waals surface area (Å²) in [4.78, 5) is 14.9. The third-order valence-corrected chi connectivity index (χ3v) is 5.90. The molecule has 0 spiro atoms. The second-order valence-corrected chi connectivity index (χ2v) is 8.00. The van der Waals surface area contributed by atoms with E-state index < -0.39 is 6.36 Å². The van der Waals surface area contributed by atoms with Gasteiger partial charge in [-0.3, -0.25) is 4.79 Å². The van der Waals surface area contributed by atoms with Gasteiger partial charge < -0.3 is 19.7 Å². The Hall–Kier alpha value is -3.10. The summed E-state index contributed by atoms with van der Waals surface area (Å²) >= 11 is 0. The Morgan fingerprint density at radius 2 is 1.91 bits per heavy atom. The maximum atomic E-state index is 13.1. The summed E-state index contributed by atoms with van der Waals surface area (Å²) in [5.41, 5.74) is 1.93. The monoisotopic (exact) mass is 442 g/mol. The minimum absolute atomic E-state index is 0.0194. The standard InChI is InChI=1S/C24H21F3N2O3/c25-24(26,27)32-18-5-1-3-16(12-18)19-6-2-4-15-11-17(7-8-20(15)19)23(30)29-13-21-22(14-29)31-10-9-28-21/h1-8,11-12,21-22,28H,9-10,13-14H2/t21-,22-/m0/s1. The summed E-state index contributed by atoms with van der Waals surface area (Å²) in [5.74, 6) is -0.331. The van der Waals surface area contributed by atoms with Crippen LogP contribution in [0, 0.1) is 0 Å². The summed E-state index contributed by atoms with van der Waals surface area (Å²) in [5, 5.41) is 5.07. The highest BCUT2D eigenvalue weighted by atomic mass is 19.4. The fourth-order valence-corrected chi connectivity index (χ4v) is 4.47. The van der Waals surface area contributed by atoms with Crippen LogP contribution in [0.25, 0.3) is 21.9 Å². The molecule has 0 unspecified atom stereocenters. The first kappa shape index (κ1) is 20.8. The molecule has 32 heavy (non-hydrogen) atoms. The number of ether oxygens (including phenoxy) is 2. The molecule has 2 aliphatic rings. The summed E-state index contributed by atoms with van der Waals surface area (Å²) in [6.07, 6.45) is -4.73. The molecule has 2 heterocycles. The van der Waals surface area contributed by atoms with Crippen LogP contribution < -0.4 is 10.1 Å². The first-order valence-electron chi connectivity index (χ1n) is 10.4. The topological polar surface area (TPSA) is 50.8 Å². The number of carbonyl (C=O) groups is 1. The molecule has 5 nitrogen and oxygen atoms in total. The Labute approximate surface area is 182 Å². The number of rotatable bonds is 3. The van der Waals surface area contributed by atoms with Gasteiger partial charge in [-0.2, -0.15) is 0 Å². The van der Waals surface area contributed by atoms with Crippen molar-refractivity contribution in [3.8, 4) is 16.9 Å². The van der Waals surface area contributed by atoms with Crippen molar-refractivity contribution in [1.82, 2.24) is 10.2 Å². The molecule has 0 aromatic heterocycles. The van der Waals surface area contributed by atoms with Gasteiger partial charge in [-0.25, -0.2) is 0 Å². The zero-order valence-corrected chi connectivity index (χ0v) is 17.1. The molecule has 2 fully saturated rings. The van der Waals surface area contributed by atoms with Gasteiger partial charge in [0.15, 0.2) is 0 Å². The first-order valence-corrected chi connectivity index (χ1v) is 10.4. The molecule has 2 saturated heterocycles. The average Bonchev–Trinajstić information content (AvgIpc) is 3.21. The van der Waals surface area contributed by atoms with Crippen LogP contribution in [-0.2, 0) is 4.74 Å². The van der Waals surface area contributed by atoms with Crippen molar-refractivity contribution >= 4 is 16.7 Å². The number of fused-ring (bicyclic) bond motifs is 2. The molecule has 0 aliphatic carbocycles. The lowest BCUT2D eigenvalue weighted by Gasteiger charge is -2.25. The number of carbonyl (C=O) groups excluding carboxylic acids is 1. The maximum Gasteiger partial charge on any atom is 0.573 e. The molecule has 3 aromatic carbocycles. The number of amides is 1. The number of nitrogens with one attached hydrogen (secondary N) is 1. The van der Waals surface area contributed by atoms with Gasteiger partial charge in [0.05, 0.1) is 18.8 Å². The Morgan fingerprint density at radius 3 is 2.72 bits per heavy atom. The Morgan fingerprint density at radius 1 is 1.06 bits per heavy atom. The van der Waals surface area contributed by atoms with Gasteiger partial charge in [0, 0.05) is 25.2 Å². The van der Waals surface area contributed by atoms with E-state index in [9.17, 15) is 18.0 Å². The van der Waals surface area contributed by atoms with E-state index in [0.29, 0.717) is 30.8 Å². The highest BCUT2D eigenvalue weighted by Crippen LogP contribution is 2.33. The Balaban J connectivity index is 1.43. The number of alkyl halides is 3.